The molecule has 3 rings (SSSR count). The van der Waals surface area contributed by atoms with Crippen LogP contribution in [0.3, 0.4) is 0 Å². The van der Waals surface area contributed by atoms with Crippen molar-refractivity contribution in [3.63, 3.8) is 0 Å². The molecule has 1 aliphatic heterocycles. The number of amides is 2. The van der Waals surface area contributed by atoms with Crippen molar-refractivity contribution in [1.82, 2.24) is 24.5 Å². The summed E-state index contributed by atoms with van der Waals surface area (Å²) < 4.78 is 3.95. The highest BCUT2D eigenvalue weighted by Crippen LogP contribution is 2.22. The van der Waals surface area contributed by atoms with Gasteiger partial charge in [0.1, 0.15) is 11.7 Å². The Balaban J connectivity index is 1.79. The third kappa shape index (κ3) is 3.82. The maximum Gasteiger partial charge on any atom is 0.274 e. The zero-order valence-corrected chi connectivity index (χ0v) is 16.6. The lowest BCUT2D eigenvalue weighted by molar-refractivity contribution is -0.119. The Hall–Kier alpha value is -2.16. The van der Waals surface area contributed by atoms with Crippen LogP contribution in [0.5, 0.6) is 0 Å². The fourth-order valence-corrected chi connectivity index (χ4v) is 3.52. The van der Waals surface area contributed by atoms with E-state index >= 15 is 0 Å². The van der Waals surface area contributed by atoms with Crippen molar-refractivity contribution in [1.29, 1.82) is 0 Å². The van der Waals surface area contributed by atoms with Gasteiger partial charge in [0.25, 0.3) is 5.91 Å². The zero-order chi connectivity index (χ0) is 18.7. The minimum absolute atomic E-state index is 0.0881. The summed E-state index contributed by atoms with van der Waals surface area (Å²) in [5, 5.41) is 11.2. The van der Waals surface area contributed by atoms with Gasteiger partial charge in [-0.05, 0) is 41.6 Å². The van der Waals surface area contributed by atoms with Crippen LogP contribution in [0.25, 0.3) is 0 Å². The normalized spacial score (nSPS) is 15.7. The number of anilines is 1. The van der Waals surface area contributed by atoms with E-state index in [-0.39, 0.29) is 11.8 Å². The van der Waals surface area contributed by atoms with Gasteiger partial charge in [-0.15, -0.1) is 0 Å². The van der Waals surface area contributed by atoms with Gasteiger partial charge in [-0.25, -0.2) is 0 Å². The van der Waals surface area contributed by atoms with Crippen LogP contribution in [0.1, 0.15) is 49.1 Å². The molecule has 26 heavy (non-hydrogen) atoms. The van der Waals surface area contributed by atoms with Crippen LogP contribution in [0.2, 0.25) is 0 Å². The molecule has 9 heteroatoms. The molecule has 1 saturated heterocycles. The second-order valence-corrected chi connectivity index (χ2v) is 7.35. The number of nitrogens with zero attached hydrogens (tertiary/aromatic N) is 5. The summed E-state index contributed by atoms with van der Waals surface area (Å²) in [7, 11) is 1.72. The van der Waals surface area contributed by atoms with Crippen molar-refractivity contribution >= 4 is 33.4 Å². The van der Waals surface area contributed by atoms with Crippen LogP contribution >= 0.6 is 15.9 Å². The topological polar surface area (TPSA) is 85.0 Å². The molecular formula is C17H23BrN6O2. The smallest absolute Gasteiger partial charge is 0.274 e. The predicted molar refractivity (Wildman–Crippen MR) is 101 cm³/mol. The summed E-state index contributed by atoms with van der Waals surface area (Å²) in [5.74, 6) is -0.307. The van der Waals surface area contributed by atoms with E-state index in [0.29, 0.717) is 17.8 Å². The molecule has 1 unspecified atom stereocenters. The van der Waals surface area contributed by atoms with Crippen molar-refractivity contribution in [3.05, 3.63) is 28.8 Å². The summed E-state index contributed by atoms with van der Waals surface area (Å²) in [6.07, 6.45) is 8.68. The van der Waals surface area contributed by atoms with Gasteiger partial charge in [-0.1, -0.05) is 6.92 Å². The molecule has 8 nitrogen and oxygen atoms in total. The Labute approximate surface area is 160 Å². The van der Waals surface area contributed by atoms with Crippen LogP contribution in [0.15, 0.2) is 23.1 Å². The number of carbonyl (C=O) groups is 2. The minimum atomic E-state index is -0.459. The lowest BCUT2D eigenvalue weighted by atomic mass is 10.1. The Kier molecular flexibility index (Phi) is 5.75. The van der Waals surface area contributed by atoms with Crippen molar-refractivity contribution in [2.24, 2.45) is 7.05 Å². The summed E-state index contributed by atoms with van der Waals surface area (Å²) in [6.45, 7) is 3.41. The monoisotopic (exact) mass is 422 g/mol. The average molecular weight is 423 g/mol. The van der Waals surface area contributed by atoms with E-state index in [1.54, 1.807) is 24.1 Å². The third-order valence-electron chi connectivity index (χ3n) is 4.62. The summed E-state index contributed by atoms with van der Waals surface area (Å²) in [5.41, 5.74) is 0.856. The summed E-state index contributed by atoms with van der Waals surface area (Å²) in [6, 6.07) is -0.459. The van der Waals surface area contributed by atoms with Gasteiger partial charge in [0.15, 0.2) is 0 Å². The standard InChI is InChI=1S/C17H23BrN6O2/c1-3-14(24-11-12(18)9-20-24)16(25)21-13-10-19-22(2)15(13)17(26)23-7-5-4-6-8-23/h9-11,14H,3-8H2,1-2H3,(H,21,25). The number of piperidine rings is 1. The zero-order valence-electron chi connectivity index (χ0n) is 15.0. The first kappa shape index (κ1) is 18.6. The number of aryl methyl sites for hydroxylation is 1. The SMILES string of the molecule is CCC(C(=O)Nc1cnn(C)c1C(=O)N1CCCCC1)n1cc(Br)cn1. The molecule has 2 amide bonds. The van der Waals surface area contributed by atoms with Crippen LogP contribution in [-0.4, -0.2) is 49.4 Å². The van der Waals surface area contributed by atoms with Gasteiger partial charge >= 0.3 is 0 Å². The van der Waals surface area contributed by atoms with Crippen molar-refractivity contribution < 1.29 is 9.59 Å². The van der Waals surface area contributed by atoms with Crippen molar-refractivity contribution in [2.75, 3.05) is 18.4 Å². The van der Waals surface area contributed by atoms with E-state index in [4.69, 9.17) is 0 Å². The molecule has 1 N–H and O–H groups in total. The summed E-state index contributed by atoms with van der Waals surface area (Å²) >= 11 is 3.35. The molecule has 0 spiro atoms. The lowest BCUT2D eigenvalue weighted by Crippen LogP contribution is -2.37. The predicted octanol–water partition coefficient (Wildman–Crippen LogP) is 2.60. The highest BCUT2D eigenvalue weighted by Gasteiger charge is 2.27. The molecule has 0 saturated carbocycles. The Morgan fingerprint density at radius 3 is 2.58 bits per heavy atom. The number of rotatable bonds is 5. The fraction of sp³-hybridized carbons (Fsp3) is 0.529. The third-order valence-corrected chi connectivity index (χ3v) is 5.03. The number of hydrogen-bond donors (Lipinski definition) is 1. The number of carbonyl (C=O) groups excluding carboxylic acids is 2. The first-order chi connectivity index (χ1) is 12.5. The van der Waals surface area contributed by atoms with Gasteiger partial charge in [-0.3, -0.25) is 19.0 Å². The van der Waals surface area contributed by atoms with E-state index in [0.717, 1.165) is 36.8 Å². The molecule has 0 aliphatic carbocycles. The highest BCUT2D eigenvalue weighted by atomic mass is 79.9. The quantitative estimate of drug-likeness (QED) is 0.801. The van der Waals surface area contributed by atoms with Crippen LogP contribution in [0.4, 0.5) is 5.69 Å². The Morgan fingerprint density at radius 2 is 1.96 bits per heavy atom. The molecule has 0 radical (unpaired) electrons. The molecule has 0 aromatic carbocycles. The number of nitrogens with one attached hydrogen (secondary N) is 1. The molecule has 140 valence electrons. The second-order valence-electron chi connectivity index (χ2n) is 6.44. The number of likely N-dealkylation sites (tertiary alicyclic amines) is 1. The minimum Gasteiger partial charge on any atom is -0.337 e. The maximum atomic E-state index is 12.9. The molecule has 2 aromatic rings. The molecule has 3 heterocycles. The average Bonchev–Trinajstić information content (AvgIpc) is 3.22. The van der Waals surface area contributed by atoms with Gasteiger partial charge in [-0.2, -0.15) is 10.2 Å². The van der Waals surface area contributed by atoms with Crippen molar-refractivity contribution in [3.8, 4) is 0 Å². The molecule has 1 atom stereocenters. The number of hydrogen-bond acceptors (Lipinski definition) is 4. The Bertz CT molecular complexity index is 793. The van der Waals surface area contributed by atoms with Gasteiger partial charge in [0.2, 0.25) is 5.91 Å². The van der Waals surface area contributed by atoms with Crippen molar-refractivity contribution in [2.45, 2.75) is 38.6 Å². The van der Waals surface area contributed by atoms with Crippen LogP contribution < -0.4 is 5.32 Å². The maximum absolute atomic E-state index is 12.9. The van der Waals surface area contributed by atoms with E-state index in [1.807, 2.05) is 11.8 Å². The summed E-state index contributed by atoms with van der Waals surface area (Å²) in [4.78, 5) is 27.5. The molecular weight excluding hydrogens is 400 g/mol. The molecule has 1 fully saturated rings. The number of halogens is 1. The number of aromatic nitrogens is 4. The lowest BCUT2D eigenvalue weighted by Gasteiger charge is -2.27. The van der Waals surface area contributed by atoms with Crippen LogP contribution in [0, 0.1) is 0 Å². The highest BCUT2D eigenvalue weighted by molar-refractivity contribution is 9.10. The van der Waals surface area contributed by atoms with E-state index < -0.39 is 6.04 Å². The second kappa shape index (κ2) is 8.03. The molecule has 0 bridgehead atoms. The first-order valence-electron chi connectivity index (χ1n) is 8.83. The van der Waals surface area contributed by atoms with Gasteiger partial charge in [0.05, 0.1) is 22.6 Å². The Morgan fingerprint density at radius 1 is 1.23 bits per heavy atom. The van der Waals surface area contributed by atoms with Gasteiger partial charge < -0.3 is 10.2 Å². The van der Waals surface area contributed by atoms with Gasteiger partial charge in [0, 0.05) is 26.3 Å². The first-order valence-corrected chi connectivity index (χ1v) is 9.62. The largest absolute Gasteiger partial charge is 0.337 e. The van der Waals surface area contributed by atoms with E-state index in [9.17, 15) is 9.59 Å². The van der Waals surface area contributed by atoms with E-state index in [1.165, 1.54) is 10.9 Å². The molecule has 2 aromatic heterocycles. The van der Waals surface area contributed by atoms with E-state index in [2.05, 4.69) is 31.4 Å². The van der Waals surface area contributed by atoms with Crippen LogP contribution in [-0.2, 0) is 11.8 Å². The fourth-order valence-electron chi connectivity index (χ4n) is 3.22. The molecule has 1 aliphatic rings.